The molecule has 0 aliphatic heterocycles. The molecule has 0 aliphatic rings. The average Bonchev–Trinajstić information content (AvgIpc) is 3.00. The van der Waals surface area contributed by atoms with E-state index < -0.39 is 0 Å². The van der Waals surface area contributed by atoms with Crippen LogP contribution in [0.25, 0.3) is 10.6 Å². The number of amides is 1. The number of anilines is 2. The van der Waals surface area contributed by atoms with Gasteiger partial charge in [-0.3, -0.25) is 4.79 Å². The van der Waals surface area contributed by atoms with Crippen LogP contribution in [0.5, 0.6) is 0 Å². The van der Waals surface area contributed by atoms with E-state index in [2.05, 4.69) is 31.2 Å². The number of hydrogen-bond donors (Lipinski definition) is 2. The second kappa shape index (κ2) is 7.55. The Bertz CT molecular complexity index is 848. The molecule has 0 saturated heterocycles. The summed E-state index contributed by atoms with van der Waals surface area (Å²) in [7, 11) is 0. The smallest absolute Gasteiger partial charge is 0.227 e. The van der Waals surface area contributed by atoms with Crippen molar-refractivity contribution < 1.29 is 4.79 Å². The highest BCUT2D eigenvalue weighted by Gasteiger charge is 2.08. The predicted octanol–water partition coefficient (Wildman–Crippen LogP) is 4.13. The van der Waals surface area contributed by atoms with Crippen molar-refractivity contribution in [1.29, 1.82) is 0 Å². The number of nitrogens with two attached hydrogens (primary N) is 1. The molecular formula is C17H15BrN4OS. The van der Waals surface area contributed by atoms with Gasteiger partial charge in [0.25, 0.3) is 0 Å². The fraction of sp³-hybridized carbons (Fsp3) is 0.118. The van der Waals surface area contributed by atoms with E-state index in [4.69, 9.17) is 5.73 Å². The van der Waals surface area contributed by atoms with Crippen molar-refractivity contribution in [3.05, 3.63) is 58.0 Å². The number of rotatable bonds is 6. The lowest BCUT2D eigenvalue weighted by molar-refractivity contribution is -0.117. The first kappa shape index (κ1) is 16.6. The topological polar surface area (TPSA) is 80.9 Å². The molecular weight excluding hydrogens is 388 g/mol. The molecule has 7 heteroatoms. The molecule has 24 heavy (non-hydrogen) atoms. The fourth-order valence-electron chi connectivity index (χ4n) is 2.17. The number of thiophene rings is 1. The lowest BCUT2D eigenvalue weighted by Crippen LogP contribution is -2.11. The van der Waals surface area contributed by atoms with E-state index in [1.807, 2.05) is 41.8 Å². The maximum Gasteiger partial charge on any atom is 0.227 e. The van der Waals surface area contributed by atoms with Gasteiger partial charge in [-0.05, 0) is 57.6 Å². The molecule has 1 aromatic carbocycles. The lowest BCUT2D eigenvalue weighted by Gasteiger charge is -2.07. The third kappa shape index (κ3) is 4.18. The van der Waals surface area contributed by atoms with Crippen LogP contribution in [0.3, 0.4) is 0 Å². The van der Waals surface area contributed by atoms with E-state index in [9.17, 15) is 4.79 Å². The van der Waals surface area contributed by atoms with Crippen LogP contribution in [0.2, 0.25) is 0 Å². The van der Waals surface area contributed by atoms with E-state index in [1.165, 1.54) is 0 Å². The largest absolute Gasteiger partial charge is 0.370 e. The third-order valence-corrected chi connectivity index (χ3v) is 5.24. The lowest BCUT2D eigenvalue weighted by atomic mass is 10.1. The Kier molecular flexibility index (Phi) is 5.22. The van der Waals surface area contributed by atoms with Gasteiger partial charge in [-0.15, -0.1) is 11.3 Å². The minimum Gasteiger partial charge on any atom is -0.370 e. The molecule has 3 N–H and O–H groups in total. The molecule has 2 aromatic heterocycles. The van der Waals surface area contributed by atoms with Crippen molar-refractivity contribution in [2.24, 2.45) is 5.73 Å². The highest BCUT2D eigenvalue weighted by molar-refractivity contribution is 9.10. The number of nitrogens with one attached hydrogen (secondary N) is 1. The Morgan fingerprint density at radius 1 is 1.21 bits per heavy atom. The molecule has 0 saturated carbocycles. The number of primary amides is 1. The highest BCUT2D eigenvalue weighted by atomic mass is 79.9. The van der Waals surface area contributed by atoms with Gasteiger partial charge in [0.2, 0.25) is 11.9 Å². The molecule has 0 aliphatic carbocycles. The normalized spacial score (nSPS) is 10.5. The van der Waals surface area contributed by atoms with Crippen molar-refractivity contribution in [3.63, 3.8) is 0 Å². The van der Waals surface area contributed by atoms with Crippen LogP contribution in [-0.4, -0.2) is 15.9 Å². The minimum absolute atomic E-state index is 0.290. The molecule has 0 spiro atoms. The Labute approximate surface area is 152 Å². The van der Waals surface area contributed by atoms with Gasteiger partial charge in [0.05, 0.1) is 10.6 Å². The third-order valence-electron chi connectivity index (χ3n) is 3.38. The number of nitrogens with zero attached hydrogens (tertiary/aromatic N) is 2. The van der Waals surface area contributed by atoms with Gasteiger partial charge in [0.15, 0.2) is 0 Å². The number of benzene rings is 1. The predicted molar refractivity (Wildman–Crippen MR) is 100 cm³/mol. The zero-order valence-electron chi connectivity index (χ0n) is 12.7. The van der Waals surface area contributed by atoms with Gasteiger partial charge in [0.1, 0.15) is 0 Å². The molecule has 0 bridgehead atoms. The Balaban J connectivity index is 1.72. The van der Waals surface area contributed by atoms with Crippen LogP contribution < -0.4 is 11.1 Å². The summed E-state index contributed by atoms with van der Waals surface area (Å²) in [4.78, 5) is 20.7. The van der Waals surface area contributed by atoms with E-state index in [0.29, 0.717) is 18.8 Å². The van der Waals surface area contributed by atoms with E-state index in [1.54, 1.807) is 17.5 Å². The Hall–Kier alpha value is -2.25. The molecule has 0 fully saturated rings. The van der Waals surface area contributed by atoms with Gasteiger partial charge in [0, 0.05) is 22.8 Å². The van der Waals surface area contributed by atoms with Gasteiger partial charge in [-0.25, -0.2) is 9.97 Å². The number of halogens is 1. The van der Waals surface area contributed by atoms with Gasteiger partial charge in [-0.2, -0.15) is 0 Å². The number of hydrogen-bond acceptors (Lipinski definition) is 5. The van der Waals surface area contributed by atoms with Crippen molar-refractivity contribution >= 4 is 44.8 Å². The summed E-state index contributed by atoms with van der Waals surface area (Å²) in [6.07, 6.45) is 2.74. The summed E-state index contributed by atoms with van der Waals surface area (Å²) >= 11 is 5.15. The summed E-state index contributed by atoms with van der Waals surface area (Å²) in [5, 5.41) is 5.21. The van der Waals surface area contributed by atoms with Crippen molar-refractivity contribution in [3.8, 4) is 10.6 Å². The maximum absolute atomic E-state index is 10.8. The van der Waals surface area contributed by atoms with Crippen LogP contribution in [0, 0.1) is 0 Å². The molecule has 2 heterocycles. The molecule has 3 rings (SSSR count). The summed E-state index contributed by atoms with van der Waals surface area (Å²) < 4.78 is 1.02. The van der Waals surface area contributed by atoms with E-state index in [-0.39, 0.29) is 5.91 Å². The first-order valence-corrected chi connectivity index (χ1v) is 9.00. The second-order valence-corrected chi connectivity index (χ2v) is 6.92. The summed E-state index contributed by atoms with van der Waals surface area (Å²) in [6, 6.07) is 11.7. The molecule has 0 radical (unpaired) electrons. The van der Waals surface area contributed by atoms with Crippen molar-refractivity contribution in [2.75, 3.05) is 5.32 Å². The van der Waals surface area contributed by atoms with Crippen LogP contribution in [0.4, 0.5) is 11.6 Å². The standard InChI is InChI=1S/C17H15BrN4OS/c18-13-8-10-24-16(13)14-7-9-20-17(22-14)21-12-4-1-11(2-5-12)3-6-15(19)23/h1-2,4-5,7-10H,3,6H2,(H2,19,23)(H,20,21,22). The van der Waals surface area contributed by atoms with E-state index in [0.717, 1.165) is 26.3 Å². The number of aryl methyl sites for hydroxylation is 1. The SMILES string of the molecule is NC(=O)CCc1ccc(Nc2nccc(-c3sccc3Br)n2)cc1. The molecule has 0 atom stereocenters. The van der Waals surface area contributed by atoms with E-state index >= 15 is 0 Å². The van der Waals surface area contributed by atoms with Gasteiger partial charge < -0.3 is 11.1 Å². The molecule has 122 valence electrons. The average molecular weight is 403 g/mol. The Morgan fingerprint density at radius 3 is 2.67 bits per heavy atom. The zero-order valence-corrected chi connectivity index (χ0v) is 15.1. The van der Waals surface area contributed by atoms with Crippen LogP contribution in [0.15, 0.2) is 52.4 Å². The molecule has 3 aromatic rings. The second-order valence-electron chi connectivity index (χ2n) is 5.15. The number of aromatic nitrogens is 2. The summed E-state index contributed by atoms with van der Waals surface area (Å²) in [6.45, 7) is 0. The minimum atomic E-state index is -0.290. The number of carbonyl (C=O) groups excluding carboxylic acids is 1. The van der Waals surface area contributed by atoms with Crippen molar-refractivity contribution in [2.45, 2.75) is 12.8 Å². The number of carbonyl (C=O) groups is 1. The van der Waals surface area contributed by atoms with Crippen molar-refractivity contribution in [1.82, 2.24) is 9.97 Å². The fourth-order valence-corrected chi connectivity index (χ4v) is 3.72. The molecule has 5 nitrogen and oxygen atoms in total. The first-order chi connectivity index (χ1) is 11.6. The molecule has 1 amide bonds. The molecule has 0 unspecified atom stereocenters. The highest BCUT2D eigenvalue weighted by Crippen LogP contribution is 2.32. The maximum atomic E-state index is 10.8. The van der Waals surface area contributed by atoms with Crippen LogP contribution in [0.1, 0.15) is 12.0 Å². The quantitative estimate of drug-likeness (QED) is 0.649. The Morgan fingerprint density at radius 2 is 2.00 bits per heavy atom. The monoisotopic (exact) mass is 402 g/mol. The first-order valence-electron chi connectivity index (χ1n) is 7.32. The van der Waals surface area contributed by atoms with Gasteiger partial charge >= 0.3 is 0 Å². The van der Waals surface area contributed by atoms with Crippen LogP contribution >= 0.6 is 27.3 Å². The van der Waals surface area contributed by atoms with Gasteiger partial charge in [-0.1, -0.05) is 12.1 Å². The van der Waals surface area contributed by atoms with Crippen LogP contribution in [-0.2, 0) is 11.2 Å². The summed E-state index contributed by atoms with van der Waals surface area (Å²) in [5.74, 6) is 0.250. The zero-order chi connectivity index (χ0) is 16.9. The summed E-state index contributed by atoms with van der Waals surface area (Å²) in [5.41, 5.74) is 7.99.